The summed E-state index contributed by atoms with van der Waals surface area (Å²) < 4.78 is 32.8. The van der Waals surface area contributed by atoms with Crippen molar-refractivity contribution in [2.45, 2.75) is 18.7 Å². The van der Waals surface area contributed by atoms with E-state index in [4.69, 9.17) is 16.3 Å². The Morgan fingerprint density at radius 1 is 1.32 bits per heavy atom. The Morgan fingerprint density at radius 2 is 1.95 bits per heavy atom. The minimum Gasteiger partial charge on any atom is -0.497 e. The molecule has 0 aliphatic rings. The van der Waals surface area contributed by atoms with Crippen LogP contribution in [0.3, 0.4) is 0 Å². The largest absolute Gasteiger partial charge is 0.497 e. The molecule has 102 valence electrons. The molecule has 0 aliphatic heterocycles. The van der Waals surface area contributed by atoms with Crippen molar-refractivity contribution in [3.63, 3.8) is 0 Å². The highest BCUT2D eigenvalue weighted by atomic mass is 35.5. The van der Waals surface area contributed by atoms with Crippen LogP contribution in [0.2, 0.25) is 0 Å². The van der Waals surface area contributed by atoms with Gasteiger partial charge in [-0.15, -0.1) is 22.9 Å². The van der Waals surface area contributed by atoms with Crippen molar-refractivity contribution in [3.8, 4) is 5.75 Å². The van der Waals surface area contributed by atoms with E-state index in [9.17, 15) is 8.78 Å². The van der Waals surface area contributed by atoms with E-state index < -0.39 is 17.0 Å². The zero-order chi connectivity index (χ0) is 14.0. The van der Waals surface area contributed by atoms with Crippen LogP contribution in [0.15, 0.2) is 23.6 Å². The van der Waals surface area contributed by atoms with Gasteiger partial charge in [0.2, 0.25) is 0 Å². The van der Waals surface area contributed by atoms with Crippen LogP contribution in [-0.4, -0.2) is 7.11 Å². The van der Waals surface area contributed by atoms with Crippen molar-refractivity contribution in [1.29, 1.82) is 0 Å². The lowest BCUT2D eigenvalue weighted by Crippen LogP contribution is -2.02. The molecule has 1 aromatic heterocycles. The Hall–Kier alpha value is -1.13. The van der Waals surface area contributed by atoms with Crippen LogP contribution < -0.4 is 4.74 Å². The van der Waals surface area contributed by atoms with E-state index >= 15 is 0 Å². The van der Waals surface area contributed by atoms with Crippen molar-refractivity contribution in [1.82, 2.24) is 0 Å². The molecule has 1 heterocycles. The molecule has 0 radical (unpaired) electrons. The highest BCUT2D eigenvalue weighted by molar-refractivity contribution is 7.10. The summed E-state index contributed by atoms with van der Waals surface area (Å²) in [6, 6.07) is 4.22. The van der Waals surface area contributed by atoms with Crippen molar-refractivity contribution in [2.24, 2.45) is 0 Å². The number of hydrogen-bond acceptors (Lipinski definition) is 2. The zero-order valence-corrected chi connectivity index (χ0v) is 12.1. The first-order valence-corrected chi connectivity index (χ1v) is 7.13. The van der Waals surface area contributed by atoms with E-state index in [-0.39, 0.29) is 11.3 Å². The van der Waals surface area contributed by atoms with Crippen LogP contribution >= 0.6 is 22.9 Å². The second kappa shape index (κ2) is 5.88. The van der Waals surface area contributed by atoms with Crippen molar-refractivity contribution in [2.75, 3.05) is 7.11 Å². The lowest BCUT2D eigenvalue weighted by atomic mass is 10.1. The van der Waals surface area contributed by atoms with Gasteiger partial charge in [0.1, 0.15) is 17.4 Å². The maximum atomic E-state index is 14.0. The average Bonchev–Trinajstić information content (AvgIpc) is 2.85. The summed E-state index contributed by atoms with van der Waals surface area (Å²) >= 11 is 7.66. The molecule has 2 aromatic rings. The predicted octanol–water partition coefficient (Wildman–Crippen LogP) is 4.93. The molecule has 0 amide bonds. The minimum atomic E-state index is -0.819. The fourth-order valence-electron chi connectivity index (χ4n) is 1.91. The number of halogens is 3. The summed E-state index contributed by atoms with van der Waals surface area (Å²) in [6.45, 7) is 1.98. The summed E-state index contributed by atoms with van der Waals surface area (Å²) in [5.41, 5.74) is 0.888. The fourth-order valence-corrected chi connectivity index (χ4v) is 3.40. The maximum Gasteiger partial charge on any atom is 0.134 e. The van der Waals surface area contributed by atoms with Gasteiger partial charge in [-0.25, -0.2) is 8.78 Å². The topological polar surface area (TPSA) is 9.23 Å². The van der Waals surface area contributed by atoms with E-state index in [0.717, 1.165) is 29.0 Å². The number of aryl methyl sites for hydroxylation is 1. The molecule has 1 unspecified atom stereocenters. The van der Waals surface area contributed by atoms with Crippen LogP contribution in [0.25, 0.3) is 0 Å². The van der Waals surface area contributed by atoms with Gasteiger partial charge in [0.15, 0.2) is 0 Å². The van der Waals surface area contributed by atoms with Gasteiger partial charge in [0.05, 0.1) is 12.5 Å². The van der Waals surface area contributed by atoms with Crippen molar-refractivity contribution in [3.05, 3.63) is 51.2 Å². The van der Waals surface area contributed by atoms with Crippen LogP contribution in [0.5, 0.6) is 5.75 Å². The third-order valence-electron chi connectivity index (χ3n) is 2.93. The number of benzene rings is 1. The molecule has 19 heavy (non-hydrogen) atoms. The Kier molecular flexibility index (Phi) is 4.42. The summed E-state index contributed by atoms with van der Waals surface area (Å²) in [4.78, 5) is 0.784. The molecule has 0 saturated heterocycles. The number of thiophene rings is 1. The Labute approximate surface area is 119 Å². The molecule has 2 rings (SSSR count). The normalized spacial score (nSPS) is 12.5. The zero-order valence-electron chi connectivity index (χ0n) is 10.5. The van der Waals surface area contributed by atoms with Crippen molar-refractivity contribution >= 4 is 22.9 Å². The van der Waals surface area contributed by atoms with E-state index in [0.29, 0.717) is 0 Å². The van der Waals surface area contributed by atoms with Gasteiger partial charge < -0.3 is 4.74 Å². The third kappa shape index (κ3) is 2.74. The average molecular weight is 303 g/mol. The summed E-state index contributed by atoms with van der Waals surface area (Å²) in [5.74, 6) is -1.23. The van der Waals surface area contributed by atoms with Crippen LogP contribution in [0.1, 0.15) is 28.3 Å². The monoisotopic (exact) mass is 302 g/mol. The Balaban J connectivity index is 2.47. The van der Waals surface area contributed by atoms with E-state index in [1.165, 1.54) is 18.4 Å². The maximum absolute atomic E-state index is 14.0. The lowest BCUT2D eigenvalue weighted by molar-refractivity contribution is 0.405. The molecule has 5 heteroatoms. The molecule has 0 aliphatic carbocycles. The van der Waals surface area contributed by atoms with Crippen LogP contribution in [0.4, 0.5) is 8.78 Å². The molecule has 0 spiro atoms. The summed E-state index contributed by atoms with van der Waals surface area (Å²) in [7, 11) is 1.36. The first-order valence-electron chi connectivity index (χ1n) is 5.81. The Morgan fingerprint density at radius 3 is 2.47 bits per heavy atom. The second-order valence-corrected chi connectivity index (χ2v) is 5.42. The number of methoxy groups -OCH3 is 1. The molecule has 0 bridgehead atoms. The SMILES string of the molecule is CCc1ccsc1C(Cl)c1c(F)cc(OC)cc1F. The van der Waals surface area contributed by atoms with Gasteiger partial charge in [-0.2, -0.15) is 0 Å². The number of ether oxygens (including phenoxy) is 1. The quantitative estimate of drug-likeness (QED) is 0.728. The fraction of sp³-hybridized carbons (Fsp3) is 0.286. The first kappa shape index (κ1) is 14.3. The molecule has 1 nitrogen and oxygen atoms in total. The molecule has 0 fully saturated rings. The predicted molar refractivity (Wildman–Crippen MR) is 74.3 cm³/mol. The molecule has 0 N–H and O–H groups in total. The number of rotatable bonds is 4. The Bertz CT molecular complexity index is 560. The van der Waals surface area contributed by atoms with E-state index in [1.54, 1.807) is 0 Å². The molecule has 0 saturated carbocycles. The lowest BCUT2D eigenvalue weighted by Gasteiger charge is -2.13. The van der Waals surface area contributed by atoms with Gasteiger partial charge in [-0.1, -0.05) is 6.92 Å². The highest BCUT2D eigenvalue weighted by Crippen LogP contribution is 2.38. The summed E-state index contributed by atoms with van der Waals surface area (Å²) in [6.07, 6.45) is 0.779. The van der Waals surface area contributed by atoms with E-state index in [1.807, 2.05) is 18.4 Å². The number of hydrogen-bond donors (Lipinski definition) is 0. The molecular formula is C14H13ClF2OS. The van der Waals surface area contributed by atoms with Crippen LogP contribution in [-0.2, 0) is 6.42 Å². The third-order valence-corrected chi connectivity index (χ3v) is 4.52. The van der Waals surface area contributed by atoms with Gasteiger partial charge in [0, 0.05) is 22.6 Å². The van der Waals surface area contributed by atoms with Gasteiger partial charge in [-0.3, -0.25) is 0 Å². The van der Waals surface area contributed by atoms with E-state index in [2.05, 4.69) is 0 Å². The van der Waals surface area contributed by atoms with Crippen LogP contribution in [0, 0.1) is 11.6 Å². The second-order valence-electron chi connectivity index (χ2n) is 4.03. The van der Waals surface area contributed by atoms with Gasteiger partial charge in [-0.05, 0) is 23.4 Å². The number of alkyl halides is 1. The minimum absolute atomic E-state index is 0.125. The summed E-state index contributed by atoms with van der Waals surface area (Å²) in [5, 5.41) is 1.06. The first-order chi connectivity index (χ1) is 9.08. The molecule has 1 atom stereocenters. The van der Waals surface area contributed by atoms with Crippen molar-refractivity contribution < 1.29 is 13.5 Å². The highest BCUT2D eigenvalue weighted by Gasteiger charge is 2.23. The van der Waals surface area contributed by atoms with Gasteiger partial charge >= 0.3 is 0 Å². The molecule has 1 aromatic carbocycles. The smallest absolute Gasteiger partial charge is 0.134 e. The molecular weight excluding hydrogens is 290 g/mol. The standard InChI is InChI=1S/C14H13ClF2OS/c1-3-8-4-5-19-14(8)13(15)12-10(16)6-9(18-2)7-11(12)17/h4-7,13H,3H2,1-2H3. The van der Waals surface area contributed by atoms with Gasteiger partial charge in [0.25, 0.3) is 0 Å².